The van der Waals surface area contributed by atoms with Crippen LogP contribution in [0.3, 0.4) is 0 Å². The molecule has 0 spiro atoms. The highest BCUT2D eigenvalue weighted by atomic mass is 32.1. The fourth-order valence-corrected chi connectivity index (χ4v) is 5.12. The van der Waals surface area contributed by atoms with Gasteiger partial charge in [0.05, 0.1) is 17.3 Å². The van der Waals surface area contributed by atoms with Crippen LogP contribution < -0.4 is 10.1 Å². The molecule has 1 aliphatic rings. The lowest BCUT2D eigenvalue weighted by atomic mass is 9.94. The third-order valence-electron chi connectivity index (χ3n) is 5.96. The number of methoxy groups -OCH3 is 1. The van der Waals surface area contributed by atoms with Gasteiger partial charge in [-0.05, 0) is 54.3 Å². The largest absolute Gasteiger partial charge is 0.497 e. The Hall–Kier alpha value is -3.18. The third kappa shape index (κ3) is 4.19. The standard InChI is InChI=1S/C26H24N2O2S/c1-30-22-14-15-23-24(16-22)31-26(28-23)27-21-12-10-18(11-13-21)17-6-8-20(9-7-17)25(29)19-4-2-3-5-19/h6-16,19H,2-5H2,1H3,(H,27,28). The number of anilines is 2. The molecule has 3 aromatic carbocycles. The van der Waals surface area contributed by atoms with Crippen molar-refractivity contribution in [2.75, 3.05) is 12.4 Å². The Morgan fingerprint density at radius 2 is 1.65 bits per heavy atom. The maximum absolute atomic E-state index is 12.6. The Labute approximate surface area is 185 Å². The molecule has 0 aliphatic heterocycles. The van der Waals surface area contributed by atoms with Gasteiger partial charge in [-0.3, -0.25) is 4.79 Å². The smallest absolute Gasteiger partial charge is 0.188 e. The Kier molecular flexibility index (Phi) is 5.43. The van der Waals surface area contributed by atoms with Crippen LogP contribution in [-0.4, -0.2) is 17.9 Å². The molecule has 156 valence electrons. The minimum absolute atomic E-state index is 0.222. The molecule has 5 rings (SSSR count). The van der Waals surface area contributed by atoms with Crippen LogP contribution in [-0.2, 0) is 0 Å². The number of benzene rings is 3. The summed E-state index contributed by atoms with van der Waals surface area (Å²) in [5.74, 6) is 1.36. The van der Waals surface area contributed by atoms with Crippen LogP contribution in [0.4, 0.5) is 10.8 Å². The maximum Gasteiger partial charge on any atom is 0.188 e. The summed E-state index contributed by atoms with van der Waals surface area (Å²) in [5, 5.41) is 4.24. The van der Waals surface area contributed by atoms with Crippen LogP contribution in [0.1, 0.15) is 36.0 Å². The number of hydrogen-bond donors (Lipinski definition) is 1. The molecule has 0 bridgehead atoms. The van der Waals surface area contributed by atoms with E-state index < -0.39 is 0 Å². The lowest BCUT2D eigenvalue weighted by molar-refractivity contribution is 0.0923. The summed E-state index contributed by atoms with van der Waals surface area (Å²) in [6.45, 7) is 0. The topological polar surface area (TPSA) is 51.2 Å². The Morgan fingerprint density at radius 1 is 0.968 bits per heavy atom. The predicted molar refractivity (Wildman–Crippen MR) is 128 cm³/mol. The summed E-state index contributed by atoms with van der Waals surface area (Å²) >= 11 is 1.60. The number of rotatable bonds is 6. The average molecular weight is 429 g/mol. The van der Waals surface area contributed by atoms with Crippen LogP contribution in [0.25, 0.3) is 21.3 Å². The van der Waals surface area contributed by atoms with Gasteiger partial charge < -0.3 is 10.1 Å². The van der Waals surface area contributed by atoms with Crippen molar-refractivity contribution in [1.29, 1.82) is 0 Å². The van der Waals surface area contributed by atoms with Crippen LogP contribution in [0.2, 0.25) is 0 Å². The van der Waals surface area contributed by atoms with Crippen molar-refractivity contribution in [1.82, 2.24) is 4.98 Å². The van der Waals surface area contributed by atoms with E-state index in [0.29, 0.717) is 5.78 Å². The van der Waals surface area contributed by atoms with Crippen molar-refractivity contribution in [2.45, 2.75) is 25.7 Å². The van der Waals surface area contributed by atoms with Gasteiger partial charge >= 0.3 is 0 Å². The molecule has 1 aliphatic carbocycles. The third-order valence-corrected chi connectivity index (χ3v) is 6.89. The summed E-state index contributed by atoms with van der Waals surface area (Å²) in [6.07, 6.45) is 4.44. The van der Waals surface area contributed by atoms with Gasteiger partial charge in [-0.15, -0.1) is 0 Å². The minimum atomic E-state index is 0.222. The van der Waals surface area contributed by atoms with Gasteiger partial charge in [0.2, 0.25) is 0 Å². The number of ether oxygens (including phenoxy) is 1. The SMILES string of the molecule is COc1ccc2nc(Nc3ccc(-c4ccc(C(=O)C5CCCC5)cc4)cc3)sc2c1. The molecule has 1 saturated carbocycles. The zero-order valence-electron chi connectivity index (χ0n) is 17.4. The quantitative estimate of drug-likeness (QED) is 0.333. The van der Waals surface area contributed by atoms with Gasteiger partial charge in [0, 0.05) is 17.2 Å². The Balaban J connectivity index is 1.29. The lowest BCUT2D eigenvalue weighted by Gasteiger charge is -2.09. The van der Waals surface area contributed by atoms with E-state index in [1.807, 2.05) is 42.5 Å². The molecule has 5 heteroatoms. The number of nitrogens with zero attached hydrogens (tertiary/aromatic N) is 1. The van der Waals surface area contributed by atoms with E-state index in [4.69, 9.17) is 4.74 Å². The molecule has 1 N–H and O–H groups in total. The maximum atomic E-state index is 12.6. The fourth-order valence-electron chi connectivity index (χ4n) is 4.21. The summed E-state index contributed by atoms with van der Waals surface area (Å²) in [4.78, 5) is 17.2. The van der Waals surface area contributed by atoms with Gasteiger partial charge in [0.15, 0.2) is 10.9 Å². The highest BCUT2D eigenvalue weighted by Crippen LogP contribution is 2.32. The first-order valence-corrected chi connectivity index (χ1v) is 11.5. The number of nitrogens with one attached hydrogen (secondary N) is 1. The highest BCUT2D eigenvalue weighted by molar-refractivity contribution is 7.22. The van der Waals surface area contributed by atoms with Crippen LogP contribution in [0.15, 0.2) is 66.7 Å². The Bertz CT molecular complexity index is 1210. The average Bonchev–Trinajstić information content (AvgIpc) is 3.48. The number of aromatic nitrogens is 1. The molecular formula is C26H24N2O2S. The monoisotopic (exact) mass is 428 g/mol. The first-order valence-electron chi connectivity index (χ1n) is 10.7. The van der Waals surface area contributed by atoms with Crippen molar-refractivity contribution >= 4 is 38.2 Å². The molecule has 0 atom stereocenters. The van der Waals surface area contributed by atoms with Crippen LogP contribution in [0, 0.1) is 5.92 Å². The molecule has 1 aromatic heterocycles. The molecule has 0 unspecified atom stereocenters. The number of hydrogen-bond acceptors (Lipinski definition) is 5. The number of ketones is 1. The number of Topliss-reactive ketones (excluding diaryl/α,β-unsaturated/α-hetero) is 1. The van der Waals surface area contributed by atoms with Crippen LogP contribution in [0.5, 0.6) is 5.75 Å². The summed E-state index contributed by atoms with van der Waals surface area (Å²) in [5.41, 5.74) is 5.02. The van der Waals surface area contributed by atoms with E-state index in [0.717, 1.165) is 56.3 Å². The number of carbonyl (C=O) groups excluding carboxylic acids is 1. The van der Waals surface area contributed by atoms with Gasteiger partial charge in [0.1, 0.15) is 5.75 Å². The van der Waals surface area contributed by atoms with Gasteiger partial charge in [0.25, 0.3) is 0 Å². The van der Waals surface area contributed by atoms with Gasteiger partial charge in [-0.25, -0.2) is 4.98 Å². The normalized spacial score (nSPS) is 14.1. The molecule has 0 saturated heterocycles. The summed E-state index contributed by atoms with van der Waals surface area (Å²) in [6, 6.07) is 22.2. The predicted octanol–water partition coefficient (Wildman–Crippen LogP) is 7.09. The Morgan fingerprint density at radius 3 is 2.32 bits per heavy atom. The van der Waals surface area contributed by atoms with E-state index in [2.05, 4.69) is 34.6 Å². The number of fused-ring (bicyclic) bond motifs is 1. The molecule has 4 aromatic rings. The molecule has 4 nitrogen and oxygen atoms in total. The summed E-state index contributed by atoms with van der Waals surface area (Å²) in [7, 11) is 1.67. The zero-order valence-corrected chi connectivity index (χ0v) is 18.2. The second-order valence-corrected chi connectivity index (χ2v) is 9.01. The molecular weight excluding hydrogens is 404 g/mol. The number of thiazole rings is 1. The summed E-state index contributed by atoms with van der Waals surface area (Å²) < 4.78 is 6.38. The van der Waals surface area contributed by atoms with Crippen molar-refractivity contribution in [2.24, 2.45) is 5.92 Å². The van der Waals surface area contributed by atoms with E-state index >= 15 is 0 Å². The van der Waals surface area contributed by atoms with Crippen molar-refractivity contribution in [3.8, 4) is 16.9 Å². The second-order valence-electron chi connectivity index (χ2n) is 7.98. The van der Waals surface area contributed by atoms with E-state index in [-0.39, 0.29) is 5.92 Å². The van der Waals surface area contributed by atoms with Crippen molar-refractivity contribution in [3.63, 3.8) is 0 Å². The first kappa shape index (κ1) is 19.8. The molecule has 0 radical (unpaired) electrons. The molecule has 31 heavy (non-hydrogen) atoms. The fraction of sp³-hybridized carbons (Fsp3) is 0.231. The second kappa shape index (κ2) is 8.52. The van der Waals surface area contributed by atoms with Gasteiger partial charge in [-0.1, -0.05) is 60.6 Å². The first-order chi connectivity index (χ1) is 15.2. The van der Waals surface area contributed by atoms with Gasteiger partial charge in [-0.2, -0.15) is 0 Å². The van der Waals surface area contributed by atoms with E-state index in [1.54, 1.807) is 18.4 Å². The van der Waals surface area contributed by atoms with E-state index in [9.17, 15) is 4.79 Å². The molecule has 1 heterocycles. The van der Waals surface area contributed by atoms with Crippen LogP contribution >= 0.6 is 11.3 Å². The lowest BCUT2D eigenvalue weighted by Crippen LogP contribution is -2.10. The molecule has 1 fully saturated rings. The van der Waals surface area contributed by atoms with E-state index in [1.165, 1.54) is 12.8 Å². The molecule has 0 amide bonds. The van der Waals surface area contributed by atoms with Crippen molar-refractivity contribution < 1.29 is 9.53 Å². The van der Waals surface area contributed by atoms with Crippen molar-refractivity contribution in [3.05, 3.63) is 72.3 Å². The number of carbonyl (C=O) groups is 1. The minimum Gasteiger partial charge on any atom is -0.497 e. The highest BCUT2D eigenvalue weighted by Gasteiger charge is 2.23. The zero-order chi connectivity index (χ0) is 21.2.